The van der Waals surface area contributed by atoms with Crippen LogP contribution in [0.1, 0.15) is 112 Å². The highest BCUT2D eigenvalue weighted by atomic mass is 16.3. The molecule has 0 saturated heterocycles. The first-order valence-corrected chi connectivity index (χ1v) is 13.6. The molecule has 0 heterocycles. The van der Waals surface area contributed by atoms with Crippen molar-refractivity contribution in [1.29, 1.82) is 0 Å². The summed E-state index contributed by atoms with van der Waals surface area (Å²) in [4.78, 5) is 0. The molecule has 0 aliphatic heterocycles. The molecule has 3 fully saturated rings. The van der Waals surface area contributed by atoms with E-state index in [0.717, 1.165) is 54.3 Å². The molecule has 30 heavy (non-hydrogen) atoms. The van der Waals surface area contributed by atoms with Gasteiger partial charge in [-0.2, -0.15) is 0 Å². The van der Waals surface area contributed by atoms with Gasteiger partial charge in [0.05, 0.1) is 6.10 Å². The van der Waals surface area contributed by atoms with Gasteiger partial charge < -0.3 is 5.11 Å². The number of hydrogen-bond acceptors (Lipinski definition) is 1. The van der Waals surface area contributed by atoms with Crippen LogP contribution >= 0.6 is 0 Å². The van der Waals surface area contributed by atoms with Gasteiger partial charge in [-0.15, -0.1) is 0 Å². The molecule has 0 aromatic carbocycles. The van der Waals surface area contributed by atoms with Crippen LogP contribution in [0.2, 0.25) is 0 Å². The van der Waals surface area contributed by atoms with Crippen molar-refractivity contribution < 1.29 is 5.11 Å². The van der Waals surface area contributed by atoms with E-state index in [1.807, 2.05) is 0 Å². The average molecular weight is 415 g/mol. The maximum Gasteiger partial charge on any atom is 0.0577 e. The second kappa shape index (κ2) is 8.57. The van der Waals surface area contributed by atoms with E-state index in [2.05, 4.69) is 47.6 Å². The Morgan fingerprint density at radius 3 is 2.47 bits per heavy atom. The number of hydrogen-bond donors (Lipinski definition) is 1. The summed E-state index contributed by atoms with van der Waals surface area (Å²) in [6.07, 6.45) is 17.1. The Balaban J connectivity index is 1.47. The van der Waals surface area contributed by atoms with Gasteiger partial charge >= 0.3 is 0 Å². The maximum absolute atomic E-state index is 10.2. The Bertz CT molecular complexity index is 634. The van der Waals surface area contributed by atoms with Crippen LogP contribution < -0.4 is 0 Å². The van der Waals surface area contributed by atoms with Gasteiger partial charge in [0.15, 0.2) is 0 Å². The Morgan fingerprint density at radius 1 is 1.00 bits per heavy atom. The van der Waals surface area contributed by atoms with Crippen molar-refractivity contribution in [2.75, 3.05) is 0 Å². The lowest BCUT2D eigenvalue weighted by Crippen LogP contribution is -2.50. The van der Waals surface area contributed by atoms with Crippen LogP contribution in [0, 0.1) is 52.3 Å². The number of rotatable bonds is 6. The van der Waals surface area contributed by atoms with Crippen LogP contribution in [0.25, 0.3) is 0 Å². The van der Waals surface area contributed by atoms with Crippen LogP contribution in [-0.4, -0.2) is 11.2 Å². The molecule has 172 valence electrons. The summed E-state index contributed by atoms with van der Waals surface area (Å²) in [6, 6.07) is 0. The van der Waals surface area contributed by atoms with Crippen LogP contribution in [-0.2, 0) is 0 Å². The Labute approximate surface area is 187 Å². The third kappa shape index (κ3) is 3.74. The molecule has 1 unspecified atom stereocenters. The number of allylic oxidation sites excluding steroid dienone is 1. The molecule has 0 aromatic heterocycles. The highest BCUT2D eigenvalue weighted by molar-refractivity contribution is 5.25. The first-order chi connectivity index (χ1) is 14.2. The standard InChI is InChI=1S/C29H50O/c1-7-21(19(2)3)9-8-20(4)25-12-13-26-24-11-10-22-18-23(30)14-16-28(22,5)27(24)15-17-29(25,26)6/h10,19-21,23-27,30H,7-9,11-18H2,1-6H3/t20-,21+,23+,24+,25?,26+,27+,28+,29-/m1/s1. The van der Waals surface area contributed by atoms with Gasteiger partial charge in [0.25, 0.3) is 0 Å². The molecule has 0 spiro atoms. The number of aliphatic hydroxyl groups is 1. The monoisotopic (exact) mass is 414 g/mol. The Kier molecular flexibility index (Phi) is 6.53. The van der Waals surface area contributed by atoms with Crippen molar-refractivity contribution >= 4 is 0 Å². The fourth-order valence-electron chi connectivity index (χ4n) is 9.30. The van der Waals surface area contributed by atoms with Crippen molar-refractivity contribution in [2.45, 2.75) is 118 Å². The zero-order valence-electron chi connectivity index (χ0n) is 20.9. The number of aliphatic hydroxyl groups excluding tert-OH is 1. The van der Waals surface area contributed by atoms with E-state index in [1.54, 1.807) is 5.57 Å². The lowest BCUT2D eigenvalue weighted by Gasteiger charge is -2.58. The molecule has 0 bridgehead atoms. The smallest absolute Gasteiger partial charge is 0.0577 e. The normalized spacial score (nSPS) is 45.3. The van der Waals surface area contributed by atoms with Gasteiger partial charge in [0, 0.05) is 0 Å². The lowest BCUT2D eigenvalue weighted by atomic mass is 9.47. The number of fused-ring (bicyclic) bond motifs is 5. The van der Waals surface area contributed by atoms with Gasteiger partial charge in [-0.25, -0.2) is 0 Å². The minimum absolute atomic E-state index is 0.0794. The summed E-state index contributed by atoms with van der Waals surface area (Å²) in [5, 5.41) is 10.2. The quantitative estimate of drug-likeness (QED) is 0.436. The van der Waals surface area contributed by atoms with Gasteiger partial charge in [0.1, 0.15) is 0 Å². The van der Waals surface area contributed by atoms with Gasteiger partial charge in [-0.3, -0.25) is 0 Å². The summed E-state index contributed by atoms with van der Waals surface area (Å²) in [5.41, 5.74) is 2.59. The molecule has 4 aliphatic rings. The molecule has 9 atom stereocenters. The van der Waals surface area contributed by atoms with Gasteiger partial charge in [-0.1, -0.05) is 66.0 Å². The van der Waals surface area contributed by atoms with E-state index < -0.39 is 0 Å². The lowest BCUT2D eigenvalue weighted by molar-refractivity contribution is -0.0575. The second-order valence-corrected chi connectivity index (χ2v) is 12.9. The molecule has 4 aliphatic carbocycles. The van der Waals surface area contributed by atoms with Crippen LogP contribution in [0.3, 0.4) is 0 Å². The van der Waals surface area contributed by atoms with Crippen molar-refractivity contribution in [3.8, 4) is 0 Å². The van der Waals surface area contributed by atoms with E-state index in [9.17, 15) is 5.11 Å². The third-order valence-corrected chi connectivity index (χ3v) is 11.3. The molecule has 4 rings (SSSR count). The molecule has 0 amide bonds. The molecular formula is C29H50O. The zero-order chi connectivity index (χ0) is 21.7. The van der Waals surface area contributed by atoms with Crippen molar-refractivity contribution in [3.63, 3.8) is 0 Å². The zero-order valence-corrected chi connectivity index (χ0v) is 20.9. The highest BCUT2D eigenvalue weighted by Gasteiger charge is 2.59. The molecular weight excluding hydrogens is 364 g/mol. The molecule has 0 radical (unpaired) electrons. The van der Waals surface area contributed by atoms with Crippen LogP contribution in [0.5, 0.6) is 0 Å². The molecule has 1 nitrogen and oxygen atoms in total. The van der Waals surface area contributed by atoms with E-state index in [-0.39, 0.29) is 6.10 Å². The summed E-state index contributed by atoms with van der Waals surface area (Å²) in [5.74, 6) is 6.31. The first-order valence-electron chi connectivity index (χ1n) is 13.6. The van der Waals surface area contributed by atoms with E-state index in [0.29, 0.717) is 10.8 Å². The summed E-state index contributed by atoms with van der Waals surface area (Å²) >= 11 is 0. The average Bonchev–Trinajstić information content (AvgIpc) is 3.06. The van der Waals surface area contributed by atoms with Crippen LogP contribution in [0.15, 0.2) is 11.6 Å². The Hall–Kier alpha value is -0.300. The van der Waals surface area contributed by atoms with Crippen molar-refractivity contribution in [3.05, 3.63) is 11.6 Å². The van der Waals surface area contributed by atoms with E-state index in [4.69, 9.17) is 0 Å². The second-order valence-electron chi connectivity index (χ2n) is 12.9. The predicted octanol–water partition coefficient (Wildman–Crippen LogP) is 8.02. The molecule has 1 heteroatoms. The van der Waals surface area contributed by atoms with Crippen LogP contribution in [0.4, 0.5) is 0 Å². The fourth-order valence-corrected chi connectivity index (χ4v) is 9.30. The van der Waals surface area contributed by atoms with Crippen molar-refractivity contribution in [2.24, 2.45) is 52.3 Å². The SMILES string of the molecule is CC[C@@H](CC[C@@H](C)C1CC[C@H]2[C@@H]3CC=C4C[C@@H](O)CC[C@]4(C)[C@H]3CC[C@]12C)C(C)C. The maximum atomic E-state index is 10.2. The van der Waals surface area contributed by atoms with Gasteiger partial charge in [0.2, 0.25) is 0 Å². The third-order valence-electron chi connectivity index (χ3n) is 11.3. The summed E-state index contributed by atoms with van der Waals surface area (Å²) in [7, 11) is 0. The summed E-state index contributed by atoms with van der Waals surface area (Å²) in [6.45, 7) is 15.1. The highest BCUT2D eigenvalue weighted by Crippen LogP contribution is 2.67. The largest absolute Gasteiger partial charge is 0.393 e. The predicted molar refractivity (Wildman–Crippen MR) is 128 cm³/mol. The van der Waals surface area contributed by atoms with E-state index in [1.165, 1.54) is 57.8 Å². The molecule has 3 saturated carbocycles. The molecule has 1 N–H and O–H groups in total. The van der Waals surface area contributed by atoms with Crippen molar-refractivity contribution in [1.82, 2.24) is 0 Å². The summed E-state index contributed by atoms with van der Waals surface area (Å²) < 4.78 is 0. The topological polar surface area (TPSA) is 20.2 Å². The Morgan fingerprint density at radius 2 is 1.77 bits per heavy atom. The molecule has 0 aromatic rings. The van der Waals surface area contributed by atoms with Gasteiger partial charge in [-0.05, 0) is 110 Å². The minimum atomic E-state index is -0.0794. The first kappa shape index (κ1) is 22.9. The fraction of sp³-hybridized carbons (Fsp3) is 0.931. The van der Waals surface area contributed by atoms with E-state index >= 15 is 0 Å². The minimum Gasteiger partial charge on any atom is -0.393 e.